The molecule has 1 aliphatic rings. The summed E-state index contributed by atoms with van der Waals surface area (Å²) in [6, 6.07) is 4.07. The maximum Gasteiger partial charge on any atom is 0.170 e. The quantitative estimate of drug-likeness (QED) is 0.686. The van der Waals surface area contributed by atoms with Crippen LogP contribution in [0.15, 0.2) is 18.2 Å². The summed E-state index contributed by atoms with van der Waals surface area (Å²) in [7, 11) is 0. The molecule has 1 aromatic rings. The van der Waals surface area contributed by atoms with E-state index in [0.717, 1.165) is 6.42 Å². The Hall–Kier alpha value is -1.38. The van der Waals surface area contributed by atoms with Crippen molar-refractivity contribution in [2.75, 3.05) is 0 Å². The van der Waals surface area contributed by atoms with Crippen LogP contribution in [-0.2, 0) is 0 Å². The highest BCUT2D eigenvalue weighted by Gasteiger charge is 2.25. The Morgan fingerprint density at radius 2 is 2.36 bits per heavy atom. The van der Waals surface area contributed by atoms with E-state index >= 15 is 0 Å². The van der Waals surface area contributed by atoms with Gasteiger partial charge in [0.25, 0.3) is 0 Å². The number of ether oxygens (including phenoxy) is 1. The molecule has 0 aliphatic carbocycles. The fourth-order valence-electron chi connectivity index (χ4n) is 1.59. The third-order valence-electron chi connectivity index (χ3n) is 2.40. The lowest BCUT2D eigenvalue weighted by Gasteiger charge is -2.23. The molecule has 0 bridgehead atoms. The van der Waals surface area contributed by atoms with E-state index in [1.54, 1.807) is 0 Å². The van der Waals surface area contributed by atoms with Gasteiger partial charge in [0.05, 0.1) is 5.56 Å². The molecule has 0 fully saturated rings. The van der Waals surface area contributed by atoms with E-state index in [1.165, 1.54) is 18.2 Å². The van der Waals surface area contributed by atoms with Crippen LogP contribution in [0, 0.1) is 5.82 Å². The van der Waals surface area contributed by atoms with Crippen molar-refractivity contribution in [1.82, 2.24) is 0 Å². The lowest BCUT2D eigenvalue weighted by molar-refractivity contribution is 0.0844. The molecule has 1 atom stereocenters. The molecule has 74 valence electrons. The maximum absolute atomic E-state index is 12.8. The summed E-state index contributed by atoms with van der Waals surface area (Å²) in [4.78, 5) is 11.6. The maximum atomic E-state index is 12.8. The van der Waals surface area contributed by atoms with Gasteiger partial charge in [-0.25, -0.2) is 4.39 Å². The van der Waals surface area contributed by atoms with E-state index in [9.17, 15) is 9.18 Å². The van der Waals surface area contributed by atoms with Gasteiger partial charge in [0.1, 0.15) is 17.7 Å². The zero-order valence-corrected chi connectivity index (χ0v) is 7.92. The van der Waals surface area contributed by atoms with Crippen LogP contribution in [-0.4, -0.2) is 11.9 Å². The van der Waals surface area contributed by atoms with E-state index in [4.69, 9.17) is 4.74 Å². The molecule has 3 heteroatoms. The Labute approximate surface area is 81.7 Å². The fourth-order valence-corrected chi connectivity index (χ4v) is 1.59. The van der Waals surface area contributed by atoms with Gasteiger partial charge in [-0.15, -0.1) is 0 Å². The van der Waals surface area contributed by atoms with Gasteiger partial charge in [-0.2, -0.15) is 0 Å². The average Bonchev–Trinajstić information content (AvgIpc) is 2.19. The first-order valence-electron chi connectivity index (χ1n) is 4.70. The van der Waals surface area contributed by atoms with Crippen molar-refractivity contribution in [1.29, 1.82) is 0 Å². The number of rotatable bonds is 1. The third-order valence-corrected chi connectivity index (χ3v) is 2.40. The molecule has 1 aliphatic heterocycles. The topological polar surface area (TPSA) is 26.3 Å². The predicted molar refractivity (Wildman–Crippen MR) is 50.1 cm³/mol. The lowest BCUT2D eigenvalue weighted by atomic mass is 9.99. The average molecular weight is 194 g/mol. The van der Waals surface area contributed by atoms with E-state index < -0.39 is 5.82 Å². The van der Waals surface area contributed by atoms with Crippen molar-refractivity contribution < 1.29 is 13.9 Å². The third kappa shape index (κ3) is 1.50. The molecule has 2 rings (SSSR count). The highest BCUT2D eigenvalue weighted by atomic mass is 19.1. The number of halogens is 1. The Kier molecular flexibility index (Phi) is 2.23. The number of carbonyl (C=O) groups excluding carboxylic acids is 1. The lowest BCUT2D eigenvalue weighted by Crippen LogP contribution is -2.26. The molecular formula is C11H11FO2. The SMILES string of the molecule is CC[C@@H]1CC(=O)c2cc(F)ccc2O1. The van der Waals surface area contributed by atoms with Gasteiger partial charge < -0.3 is 4.74 Å². The standard InChI is InChI=1S/C11H11FO2/c1-2-8-6-10(13)9-5-7(12)3-4-11(9)14-8/h3-5,8H,2,6H2,1H3/t8-/m1/s1. The number of Topliss-reactive ketones (excluding diaryl/α,β-unsaturated/α-hetero) is 1. The second-order valence-electron chi connectivity index (χ2n) is 3.42. The Bertz CT molecular complexity index is 374. The highest BCUT2D eigenvalue weighted by molar-refractivity contribution is 5.99. The summed E-state index contributed by atoms with van der Waals surface area (Å²) in [6.45, 7) is 1.96. The van der Waals surface area contributed by atoms with E-state index in [2.05, 4.69) is 0 Å². The summed E-state index contributed by atoms with van der Waals surface area (Å²) in [5.41, 5.74) is 0.370. The van der Waals surface area contributed by atoms with Crippen molar-refractivity contribution in [3.8, 4) is 5.75 Å². The normalized spacial score (nSPS) is 20.1. The second kappa shape index (κ2) is 3.40. The van der Waals surface area contributed by atoms with E-state index in [0.29, 0.717) is 17.7 Å². The molecule has 0 amide bonds. The highest BCUT2D eigenvalue weighted by Crippen LogP contribution is 2.28. The zero-order valence-electron chi connectivity index (χ0n) is 7.92. The fraction of sp³-hybridized carbons (Fsp3) is 0.364. The summed E-state index contributed by atoms with van der Waals surface area (Å²) in [5, 5.41) is 0. The predicted octanol–water partition coefficient (Wildman–Crippen LogP) is 2.57. The van der Waals surface area contributed by atoms with Crippen LogP contribution in [0.25, 0.3) is 0 Å². The van der Waals surface area contributed by atoms with Gasteiger partial charge >= 0.3 is 0 Å². The molecule has 0 aromatic heterocycles. The molecule has 2 nitrogen and oxygen atoms in total. The van der Waals surface area contributed by atoms with Crippen LogP contribution >= 0.6 is 0 Å². The van der Waals surface area contributed by atoms with Gasteiger partial charge in [-0.3, -0.25) is 4.79 Å². The largest absolute Gasteiger partial charge is 0.489 e. The van der Waals surface area contributed by atoms with Crippen LogP contribution in [0.5, 0.6) is 5.75 Å². The van der Waals surface area contributed by atoms with Crippen molar-refractivity contribution in [3.05, 3.63) is 29.6 Å². The number of hydrogen-bond donors (Lipinski definition) is 0. The molecule has 1 aromatic carbocycles. The molecule has 0 saturated heterocycles. The molecule has 0 N–H and O–H groups in total. The van der Waals surface area contributed by atoms with E-state index in [1.807, 2.05) is 6.92 Å². The second-order valence-corrected chi connectivity index (χ2v) is 3.42. The van der Waals surface area contributed by atoms with Crippen LogP contribution in [0.1, 0.15) is 30.1 Å². The van der Waals surface area contributed by atoms with Gasteiger partial charge in [-0.1, -0.05) is 6.92 Å². The molecule has 0 unspecified atom stereocenters. The van der Waals surface area contributed by atoms with Gasteiger partial charge in [0.2, 0.25) is 0 Å². The molecule has 1 heterocycles. The first-order chi connectivity index (χ1) is 6.70. The molecule has 0 radical (unpaired) electrons. The summed E-state index contributed by atoms with van der Waals surface area (Å²) in [5.74, 6) is 0.0859. The molecule has 0 spiro atoms. The van der Waals surface area contributed by atoms with Gasteiger partial charge in [0, 0.05) is 6.42 Å². The zero-order chi connectivity index (χ0) is 10.1. The summed E-state index contributed by atoms with van der Waals surface area (Å²) < 4.78 is 18.4. The number of benzene rings is 1. The van der Waals surface area contributed by atoms with Crippen molar-refractivity contribution in [2.24, 2.45) is 0 Å². The van der Waals surface area contributed by atoms with Crippen LogP contribution < -0.4 is 4.74 Å². The van der Waals surface area contributed by atoms with Crippen LogP contribution in [0.3, 0.4) is 0 Å². The van der Waals surface area contributed by atoms with Crippen molar-refractivity contribution >= 4 is 5.78 Å². The van der Waals surface area contributed by atoms with Crippen molar-refractivity contribution in [3.63, 3.8) is 0 Å². The Morgan fingerprint density at radius 1 is 1.57 bits per heavy atom. The van der Waals surface area contributed by atoms with Crippen LogP contribution in [0.2, 0.25) is 0 Å². The minimum Gasteiger partial charge on any atom is -0.489 e. The number of fused-ring (bicyclic) bond motifs is 1. The minimum atomic E-state index is -0.393. The minimum absolute atomic E-state index is 0.0300. The summed E-state index contributed by atoms with van der Waals surface area (Å²) in [6.07, 6.45) is 1.09. The van der Waals surface area contributed by atoms with Crippen molar-refractivity contribution in [2.45, 2.75) is 25.9 Å². The van der Waals surface area contributed by atoms with Crippen LogP contribution in [0.4, 0.5) is 4.39 Å². The number of ketones is 1. The number of carbonyl (C=O) groups is 1. The smallest absolute Gasteiger partial charge is 0.170 e. The molecule has 14 heavy (non-hydrogen) atoms. The molecule has 0 saturated carbocycles. The van der Waals surface area contributed by atoms with Gasteiger partial charge in [0.15, 0.2) is 5.78 Å². The Morgan fingerprint density at radius 3 is 3.07 bits per heavy atom. The Balaban J connectivity index is 2.40. The first kappa shape index (κ1) is 9.19. The summed E-state index contributed by atoms with van der Waals surface area (Å²) >= 11 is 0. The monoisotopic (exact) mass is 194 g/mol. The number of hydrogen-bond acceptors (Lipinski definition) is 2. The van der Waals surface area contributed by atoms with E-state index in [-0.39, 0.29) is 11.9 Å². The first-order valence-corrected chi connectivity index (χ1v) is 4.70. The molecular weight excluding hydrogens is 183 g/mol. The van der Waals surface area contributed by atoms with Gasteiger partial charge in [-0.05, 0) is 24.6 Å².